The summed E-state index contributed by atoms with van der Waals surface area (Å²) in [5.74, 6) is 1.44. The van der Waals surface area contributed by atoms with E-state index >= 15 is 0 Å². The van der Waals surface area contributed by atoms with Crippen LogP contribution in [0, 0.1) is 17.8 Å². The number of anilines is 1. The number of rotatable bonds is 2. The normalized spacial score (nSPS) is 29.8. The Balaban J connectivity index is 1.70. The number of benzene rings is 1. The highest BCUT2D eigenvalue weighted by Gasteiger charge is 2.37. The molecule has 102 valence electrons. The number of hydrogen-bond acceptors (Lipinski definition) is 2. The largest absolute Gasteiger partial charge is 0.326 e. The number of fused-ring (bicyclic) bond motifs is 4. The fraction of sp³-hybridized carbons (Fsp3) is 0.533. The van der Waals surface area contributed by atoms with E-state index in [0.717, 1.165) is 25.2 Å². The monoisotopic (exact) mass is 278 g/mol. The third-order valence-corrected chi connectivity index (χ3v) is 4.61. The van der Waals surface area contributed by atoms with Gasteiger partial charge in [-0.2, -0.15) is 0 Å². The van der Waals surface area contributed by atoms with Crippen molar-refractivity contribution in [3.8, 4) is 0 Å². The summed E-state index contributed by atoms with van der Waals surface area (Å²) in [6.45, 7) is 2.04. The summed E-state index contributed by atoms with van der Waals surface area (Å²) in [7, 11) is 0. The van der Waals surface area contributed by atoms with E-state index in [9.17, 15) is 4.79 Å². The summed E-state index contributed by atoms with van der Waals surface area (Å²) >= 11 is 5.94. The fourth-order valence-corrected chi connectivity index (χ4v) is 3.54. The topological polar surface area (TPSA) is 41.1 Å². The maximum absolute atomic E-state index is 12.4. The van der Waals surface area contributed by atoms with Gasteiger partial charge < -0.3 is 10.6 Å². The molecule has 3 atom stereocenters. The van der Waals surface area contributed by atoms with Gasteiger partial charge in [-0.1, -0.05) is 17.7 Å². The molecule has 2 bridgehead atoms. The summed E-state index contributed by atoms with van der Waals surface area (Å²) in [6.07, 6.45) is 3.45. The zero-order valence-electron chi connectivity index (χ0n) is 10.9. The molecule has 2 heterocycles. The minimum atomic E-state index is 0.146. The second kappa shape index (κ2) is 5.51. The highest BCUT2D eigenvalue weighted by molar-refractivity contribution is 6.30. The van der Waals surface area contributed by atoms with Crippen LogP contribution in [0.2, 0.25) is 5.02 Å². The first-order chi connectivity index (χ1) is 9.22. The van der Waals surface area contributed by atoms with E-state index in [4.69, 9.17) is 11.6 Å². The van der Waals surface area contributed by atoms with Crippen LogP contribution in [0.3, 0.4) is 0 Å². The van der Waals surface area contributed by atoms with Crippen LogP contribution in [0.1, 0.15) is 19.3 Å². The van der Waals surface area contributed by atoms with Crippen LogP contribution in [-0.2, 0) is 4.79 Å². The Kier molecular flexibility index (Phi) is 3.76. The van der Waals surface area contributed by atoms with Gasteiger partial charge in [0.1, 0.15) is 0 Å². The first kappa shape index (κ1) is 12.9. The molecule has 1 amide bonds. The summed E-state index contributed by atoms with van der Waals surface area (Å²) in [4.78, 5) is 12.4. The van der Waals surface area contributed by atoms with Gasteiger partial charge in [0.2, 0.25) is 5.91 Å². The quantitative estimate of drug-likeness (QED) is 0.873. The molecular weight excluding hydrogens is 260 g/mol. The summed E-state index contributed by atoms with van der Waals surface area (Å²) < 4.78 is 0. The Morgan fingerprint density at radius 3 is 3.05 bits per heavy atom. The van der Waals surface area contributed by atoms with Crippen LogP contribution >= 0.6 is 11.6 Å². The highest BCUT2D eigenvalue weighted by atomic mass is 35.5. The summed E-state index contributed by atoms with van der Waals surface area (Å²) in [5, 5.41) is 7.13. The number of carbonyl (C=O) groups is 1. The Bertz CT molecular complexity index is 473. The molecule has 3 nitrogen and oxygen atoms in total. The molecule has 1 aromatic carbocycles. The van der Waals surface area contributed by atoms with Crippen molar-refractivity contribution in [2.24, 2.45) is 17.8 Å². The first-order valence-corrected chi connectivity index (χ1v) is 7.37. The highest BCUT2D eigenvalue weighted by Crippen LogP contribution is 2.36. The molecule has 1 saturated carbocycles. The van der Waals surface area contributed by atoms with Gasteiger partial charge in [0, 0.05) is 16.6 Å². The number of amides is 1. The van der Waals surface area contributed by atoms with E-state index in [1.54, 1.807) is 6.07 Å². The average Bonchev–Trinajstić information content (AvgIpc) is 2.73. The third-order valence-electron chi connectivity index (χ3n) is 4.37. The van der Waals surface area contributed by atoms with Gasteiger partial charge in [-0.3, -0.25) is 4.79 Å². The number of carbonyl (C=O) groups excluding carboxylic acids is 1. The Labute approximate surface area is 118 Å². The molecule has 2 aliphatic heterocycles. The van der Waals surface area contributed by atoms with Gasteiger partial charge in [-0.25, -0.2) is 0 Å². The van der Waals surface area contributed by atoms with Crippen LogP contribution in [0.5, 0.6) is 0 Å². The van der Waals surface area contributed by atoms with Gasteiger partial charge in [0.25, 0.3) is 0 Å². The van der Waals surface area contributed by atoms with Crippen LogP contribution in [-0.4, -0.2) is 19.0 Å². The lowest BCUT2D eigenvalue weighted by Crippen LogP contribution is -2.34. The van der Waals surface area contributed by atoms with Crippen molar-refractivity contribution in [3.05, 3.63) is 29.3 Å². The van der Waals surface area contributed by atoms with E-state index in [1.807, 2.05) is 18.2 Å². The van der Waals surface area contributed by atoms with Crippen LogP contribution in [0.25, 0.3) is 0 Å². The van der Waals surface area contributed by atoms with E-state index in [1.165, 1.54) is 12.8 Å². The molecule has 3 aliphatic rings. The lowest BCUT2D eigenvalue weighted by Gasteiger charge is -2.30. The average molecular weight is 279 g/mol. The van der Waals surface area contributed by atoms with Crippen LogP contribution < -0.4 is 10.6 Å². The van der Waals surface area contributed by atoms with Gasteiger partial charge in [-0.05, 0) is 62.4 Å². The van der Waals surface area contributed by atoms with Crippen molar-refractivity contribution in [2.45, 2.75) is 19.3 Å². The number of hydrogen-bond donors (Lipinski definition) is 2. The molecule has 2 N–H and O–H groups in total. The lowest BCUT2D eigenvalue weighted by molar-refractivity contribution is -0.122. The van der Waals surface area contributed by atoms with Gasteiger partial charge in [-0.15, -0.1) is 0 Å². The third kappa shape index (κ3) is 2.93. The molecule has 1 aliphatic carbocycles. The van der Waals surface area contributed by atoms with Crippen LogP contribution in [0.4, 0.5) is 5.69 Å². The summed E-state index contributed by atoms with van der Waals surface area (Å²) in [6, 6.07) is 7.36. The zero-order valence-corrected chi connectivity index (χ0v) is 11.6. The predicted molar refractivity (Wildman–Crippen MR) is 77.3 cm³/mol. The van der Waals surface area contributed by atoms with Crippen molar-refractivity contribution in [1.29, 1.82) is 0 Å². The second-order valence-electron chi connectivity index (χ2n) is 5.70. The van der Waals surface area contributed by atoms with Gasteiger partial charge in [0.15, 0.2) is 0 Å². The minimum Gasteiger partial charge on any atom is -0.326 e. The van der Waals surface area contributed by atoms with E-state index in [-0.39, 0.29) is 11.8 Å². The van der Waals surface area contributed by atoms with Gasteiger partial charge in [0.05, 0.1) is 0 Å². The Hall–Kier alpha value is -1.06. The minimum absolute atomic E-state index is 0.146. The molecule has 3 fully saturated rings. The number of halogens is 1. The zero-order chi connectivity index (χ0) is 13.2. The summed E-state index contributed by atoms with van der Waals surface area (Å²) in [5.41, 5.74) is 0.797. The van der Waals surface area contributed by atoms with Crippen molar-refractivity contribution in [1.82, 2.24) is 5.32 Å². The van der Waals surface area contributed by atoms with Crippen molar-refractivity contribution in [3.63, 3.8) is 0 Å². The molecule has 0 radical (unpaired) electrons. The molecule has 4 heteroatoms. The lowest BCUT2D eigenvalue weighted by atomic mass is 9.75. The Morgan fingerprint density at radius 2 is 2.21 bits per heavy atom. The molecule has 19 heavy (non-hydrogen) atoms. The molecule has 2 saturated heterocycles. The standard InChI is InChI=1S/C15H19ClN2O/c16-12-2-1-3-13(7-12)18-15(19)14-6-10-4-5-11(14)9-17-8-10/h1-3,7,10-11,14,17H,4-6,8-9H2,(H,18,19). The predicted octanol–water partition coefficient (Wildman–Crippen LogP) is 2.91. The fourth-order valence-electron chi connectivity index (χ4n) is 3.35. The van der Waals surface area contributed by atoms with E-state index in [2.05, 4.69) is 10.6 Å². The Morgan fingerprint density at radius 1 is 1.32 bits per heavy atom. The molecule has 0 aromatic heterocycles. The van der Waals surface area contributed by atoms with Crippen molar-refractivity contribution < 1.29 is 4.79 Å². The van der Waals surface area contributed by atoms with E-state index in [0.29, 0.717) is 16.9 Å². The smallest absolute Gasteiger partial charge is 0.227 e. The van der Waals surface area contributed by atoms with Crippen molar-refractivity contribution in [2.75, 3.05) is 18.4 Å². The molecule has 3 unspecified atom stereocenters. The maximum Gasteiger partial charge on any atom is 0.227 e. The van der Waals surface area contributed by atoms with Gasteiger partial charge >= 0.3 is 0 Å². The molecule has 1 aromatic rings. The van der Waals surface area contributed by atoms with E-state index < -0.39 is 0 Å². The molecular formula is C15H19ClN2O. The molecule has 0 spiro atoms. The second-order valence-corrected chi connectivity index (χ2v) is 6.14. The SMILES string of the molecule is O=C(Nc1cccc(Cl)c1)C1CC2CCC1CNC2. The van der Waals surface area contributed by atoms with Crippen molar-refractivity contribution >= 4 is 23.2 Å². The first-order valence-electron chi connectivity index (χ1n) is 6.99. The van der Waals surface area contributed by atoms with Crippen LogP contribution in [0.15, 0.2) is 24.3 Å². The molecule has 4 rings (SSSR count). The number of nitrogens with one attached hydrogen (secondary N) is 2. The maximum atomic E-state index is 12.4.